The van der Waals surface area contributed by atoms with E-state index in [4.69, 9.17) is 39.8 Å². The van der Waals surface area contributed by atoms with Crippen LogP contribution in [0.5, 0.6) is 0 Å². The minimum absolute atomic E-state index is 0.0394. The SMILES string of the molecule is CC(=O)c1ccc(N2C(=O)/C(=C\c3ccc(-c4ccc(Cl)c(Cl)c4)o3)SC2=S)cc1. The Balaban J connectivity index is 1.58. The maximum Gasteiger partial charge on any atom is 0.270 e. The Hall–Kier alpha value is -2.38. The van der Waals surface area contributed by atoms with Crippen molar-refractivity contribution in [3.63, 3.8) is 0 Å². The van der Waals surface area contributed by atoms with Gasteiger partial charge in [0.05, 0.1) is 20.6 Å². The molecule has 150 valence electrons. The Kier molecular flexibility index (Phi) is 5.84. The number of thioether (sulfide) groups is 1. The predicted octanol–water partition coefficient (Wildman–Crippen LogP) is 6.86. The maximum absolute atomic E-state index is 12.9. The number of anilines is 1. The normalized spacial score (nSPS) is 15.3. The van der Waals surface area contributed by atoms with Gasteiger partial charge in [0.2, 0.25) is 0 Å². The molecule has 1 fully saturated rings. The predicted molar refractivity (Wildman–Crippen MR) is 126 cm³/mol. The highest BCUT2D eigenvalue weighted by molar-refractivity contribution is 8.27. The molecule has 0 unspecified atom stereocenters. The van der Waals surface area contributed by atoms with Gasteiger partial charge < -0.3 is 4.42 Å². The van der Waals surface area contributed by atoms with Crippen LogP contribution in [0.3, 0.4) is 0 Å². The topological polar surface area (TPSA) is 50.5 Å². The number of halogens is 2. The highest BCUT2D eigenvalue weighted by Crippen LogP contribution is 2.37. The number of carbonyl (C=O) groups is 2. The van der Waals surface area contributed by atoms with E-state index in [9.17, 15) is 9.59 Å². The van der Waals surface area contributed by atoms with E-state index in [2.05, 4.69) is 0 Å². The molecule has 0 atom stereocenters. The van der Waals surface area contributed by atoms with Gasteiger partial charge in [-0.3, -0.25) is 14.5 Å². The smallest absolute Gasteiger partial charge is 0.270 e. The molecule has 3 aromatic rings. The van der Waals surface area contributed by atoms with E-state index in [1.54, 1.807) is 60.7 Å². The van der Waals surface area contributed by atoms with Gasteiger partial charge in [0.25, 0.3) is 5.91 Å². The van der Waals surface area contributed by atoms with Gasteiger partial charge in [0.15, 0.2) is 10.1 Å². The number of carbonyl (C=O) groups excluding carboxylic acids is 2. The molecule has 0 N–H and O–H groups in total. The van der Waals surface area contributed by atoms with E-state index in [0.29, 0.717) is 42.0 Å². The number of amides is 1. The summed E-state index contributed by atoms with van der Waals surface area (Å²) in [5.74, 6) is 0.842. The van der Waals surface area contributed by atoms with Crippen molar-refractivity contribution in [2.45, 2.75) is 6.92 Å². The minimum atomic E-state index is -0.243. The summed E-state index contributed by atoms with van der Waals surface area (Å²) in [6.45, 7) is 1.49. The lowest BCUT2D eigenvalue weighted by atomic mass is 10.1. The van der Waals surface area contributed by atoms with E-state index in [1.807, 2.05) is 0 Å². The van der Waals surface area contributed by atoms with Gasteiger partial charge in [0.1, 0.15) is 11.5 Å². The first-order valence-electron chi connectivity index (χ1n) is 8.78. The molecule has 2 heterocycles. The summed E-state index contributed by atoms with van der Waals surface area (Å²) >= 11 is 18.6. The standard InChI is InChI=1S/C22H13Cl2NO3S2/c1-12(26)13-2-5-15(6-3-13)25-21(27)20(30-22(25)29)11-16-7-9-19(28-16)14-4-8-17(23)18(24)10-14/h2-11H,1H3/b20-11+. The van der Waals surface area contributed by atoms with Crippen LogP contribution in [0.15, 0.2) is 63.9 Å². The highest BCUT2D eigenvalue weighted by atomic mass is 35.5. The van der Waals surface area contributed by atoms with Crippen molar-refractivity contribution >= 4 is 75.0 Å². The molecule has 0 aliphatic carbocycles. The second-order valence-electron chi connectivity index (χ2n) is 6.45. The van der Waals surface area contributed by atoms with Crippen LogP contribution in [0.2, 0.25) is 10.0 Å². The number of thiocarbonyl (C=S) groups is 1. The summed E-state index contributed by atoms with van der Waals surface area (Å²) in [4.78, 5) is 26.3. The molecule has 4 rings (SSSR count). The van der Waals surface area contributed by atoms with Gasteiger partial charge in [-0.1, -0.05) is 47.2 Å². The highest BCUT2D eigenvalue weighted by Gasteiger charge is 2.33. The Morgan fingerprint density at radius 3 is 2.47 bits per heavy atom. The van der Waals surface area contributed by atoms with Crippen molar-refractivity contribution in [2.24, 2.45) is 0 Å². The summed E-state index contributed by atoms with van der Waals surface area (Å²) in [6.07, 6.45) is 1.66. The fourth-order valence-electron chi connectivity index (χ4n) is 2.90. The van der Waals surface area contributed by atoms with E-state index in [-0.39, 0.29) is 11.7 Å². The zero-order valence-corrected chi connectivity index (χ0v) is 18.7. The summed E-state index contributed by atoms with van der Waals surface area (Å²) in [5.41, 5.74) is 1.97. The lowest BCUT2D eigenvalue weighted by Gasteiger charge is -2.14. The number of rotatable bonds is 4. The minimum Gasteiger partial charge on any atom is -0.457 e. The molecule has 0 bridgehead atoms. The Labute approximate surface area is 192 Å². The van der Waals surface area contributed by atoms with Crippen molar-refractivity contribution in [1.29, 1.82) is 0 Å². The van der Waals surface area contributed by atoms with Crippen LogP contribution >= 0.6 is 47.2 Å². The van der Waals surface area contributed by atoms with E-state index in [0.717, 1.165) is 5.56 Å². The summed E-state index contributed by atoms with van der Waals surface area (Å²) in [7, 11) is 0. The third-order valence-electron chi connectivity index (χ3n) is 4.43. The number of Topliss-reactive ketones (excluding diaryl/α,β-unsaturated/α-hetero) is 1. The Bertz CT molecular complexity index is 1220. The molecule has 0 radical (unpaired) electrons. The number of hydrogen-bond donors (Lipinski definition) is 0. The van der Waals surface area contributed by atoms with Crippen LogP contribution in [-0.2, 0) is 4.79 Å². The second kappa shape index (κ2) is 8.40. The van der Waals surface area contributed by atoms with Gasteiger partial charge in [0, 0.05) is 17.2 Å². The van der Waals surface area contributed by atoms with Crippen molar-refractivity contribution in [1.82, 2.24) is 0 Å². The third kappa shape index (κ3) is 4.09. The summed E-state index contributed by atoms with van der Waals surface area (Å²) in [5, 5.41) is 0.899. The molecular weight excluding hydrogens is 461 g/mol. The second-order valence-corrected chi connectivity index (χ2v) is 8.94. The molecule has 0 spiro atoms. The quantitative estimate of drug-likeness (QED) is 0.235. The molecule has 4 nitrogen and oxygen atoms in total. The van der Waals surface area contributed by atoms with Crippen molar-refractivity contribution < 1.29 is 14.0 Å². The van der Waals surface area contributed by atoms with E-state index >= 15 is 0 Å². The van der Waals surface area contributed by atoms with Gasteiger partial charge in [-0.05, 0) is 61.5 Å². The zero-order valence-electron chi connectivity index (χ0n) is 15.5. The first-order valence-corrected chi connectivity index (χ1v) is 10.8. The number of hydrogen-bond acceptors (Lipinski definition) is 5. The number of nitrogens with zero attached hydrogens (tertiary/aromatic N) is 1. The van der Waals surface area contributed by atoms with Crippen molar-refractivity contribution in [3.8, 4) is 11.3 Å². The van der Waals surface area contributed by atoms with Gasteiger partial charge in [-0.15, -0.1) is 0 Å². The van der Waals surface area contributed by atoms with E-state index < -0.39 is 0 Å². The summed E-state index contributed by atoms with van der Waals surface area (Å²) in [6, 6.07) is 15.6. The molecule has 0 saturated carbocycles. The monoisotopic (exact) mass is 473 g/mol. The van der Waals surface area contributed by atoms with Gasteiger partial charge >= 0.3 is 0 Å². The lowest BCUT2D eigenvalue weighted by molar-refractivity contribution is -0.113. The maximum atomic E-state index is 12.9. The zero-order chi connectivity index (χ0) is 21.4. The largest absolute Gasteiger partial charge is 0.457 e. The molecule has 1 aliphatic heterocycles. The van der Waals surface area contributed by atoms with Gasteiger partial charge in [-0.25, -0.2) is 0 Å². The first-order chi connectivity index (χ1) is 14.3. The molecule has 1 aromatic heterocycles. The first kappa shape index (κ1) is 20.9. The average molecular weight is 474 g/mol. The van der Waals surface area contributed by atoms with Crippen molar-refractivity contribution in [3.05, 3.63) is 80.9 Å². The van der Waals surface area contributed by atoms with Crippen LogP contribution < -0.4 is 4.90 Å². The summed E-state index contributed by atoms with van der Waals surface area (Å²) < 4.78 is 6.27. The third-order valence-corrected chi connectivity index (χ3v) is 6.47. The van der Waals surface area contributed by atoms with Crippen LogP contribution in [-0.4, -0.2) is 16.0 Å². The molecule has 8 heteroatoms. The van der Waals surface area contributed by atoms with Crippen molar-refractivity contribution in [2.75, 3.05) is 4.90 Å². The molecule has 30 heavy (non-hydrogen) atoms. The number of ketones is 1. The van der Waals surface area contributed by atoms with Crippen LogP contribution in [0, 0.1) is 0 Å². The average Bonchev–Trinajstić information content (AvgIpc) is 3.29. The Morgan fingerprint density at radius 2 is 1.80 bits per heavy atom. The fourth-order valence-corrected chi connectivity index (χ4v) is 4.48. The molecular formula is C22H13Cl2NO3S2. The van der Waals surface area contributed by atoms with Crippen LogP contribution in [0.4, 0.5) is 5.69 Å². The molecule has 1 amide bonds. The number of benzene rings is 2. The van der Waals surface area contributed by atoms with Crippen LogP contribution in [0.25, 0.3) is 17.4 Å². The van der Waals surface area contributed by atoms with Gasteiger partial charge in [-0.2, -0.15) is 0 Å². The molecule has 1 saturated heterocycles. The molecule has 1 aliphatic rings. The fraction of sp³-hybridized carbons (Fsp3) is 0.0455. The van der Waals surface area contributed by atoms with E-state index in [1.165, 1.54) is 23.6 Å². The Morgan fingerprint density at radius 1 is 1.07 bits per heavy atom. The van der Waals surface area contributed by atoms with Crippen LogP contribution in [0.1, 0.15) is 23.0 Å². The molecule has 2 aromatic carbocycles. The lowest BCUT2D eigenvalue weighted by Crippen LogP contribution is -2.27. The number of furan rings is 1.